The maximum absolute atomic E-state index is 12.0. The van der Waals surface area contributed by atoms with Crippen molar-refractivity contribution in [3.63, 3.8) is 0 Å². The average Bonchev–Trinajstić information content (AvgIpc) is 3.17. The maximum atomic E-state index is 12.0. The molecule has 2 aliphatic rings. The molecule has 0 heterocycles. The van der Waals surface area contributed by atoms with Crippen molar-refractivity contribution < 1.29 is 22.7 Å². The summed E-state index contributed by atoms with van der Waals surface area (Å²) >= 11 is 5.99. The molecule has 0 saturated heterocycles. The Labute approximate surface area is 158 Å². The Morgan fingerprint density at radius 3 is 2.65 bits per heavy atom. The van der Waals surface area contributed by atoms with Gasteiger partial charge in [0.1, 0.15) is 0 Å². The summed E-state index contributed by atoms with van der Waals surface area (Å²) in [5.41, 5.74) is 0.170. The van der Waals surface area contributed by atoms with Gasteiger partial charge >= 0.3 is 5.97 Å². The van der Waals surface area contributed by atoms with Gasteiger partial charge in [0.25, 0.3) is 5.91 Å². The van der Waals surface area contributed by atoms with E-state index in [0.717, 1.165) is 18.6 Å². The number of anilines is 1. The van der Waals surface area contributed by atoms with Crippen molar-refractivity contribution in [3.05, 3.63) is 23.2 Å². The molecule has 3 atom stereocenters. The van der Waals surface area contributed by atoms with E-state index in [1.165, 1.54) is 37.5 Å². The van der Waals surface area contributed by atoms with Crippen molar-refractivity contribution in [2.24, 2.45) is 17.8 Å². The van der Waals surface area contributed by atoms with Crippen molar-refractivity contribution >= 4 is 39.0 Å². The van der Waals surface area contributed by atoms with Gasteiger partial charge in [-0.15, -0.1) is 0 Å². The normalized spacial score (nSPS) is 24.5. The molecule has 2 aliphatic carbocycles. The fourth-order valence-electron chi connectivity index (χ4n) is 4.06. The number of carbonyl (C=O) groups is 2. The predicted octanol–water partition coefficient (Wildman–Crippen LogP) is 3.05. The van der Waals surface area contributed by atoms with Crippen LogP contribution in [0.2, 0.25) is 5.02 Å². The van der Waals surface area contributed by atoms with Crippen LogP contribution in [0.1, 0.15) is 32.1 Å². The number of rotatable bonds is 6. The van der Waals surface area contributed by atoms with E-state index in [1.54, 1.807) is 0 Å². The summed E-state index contributed by atoms with van der Waals surface area (Å²) in [5.74, 6) is 0.835. The van der Waals surface area contributed by atoms with Gasteiger partial charge in [0.2, 0.25) is 0 Å². The summed E-state index contributed by atoms with van der Waals surface area (Å²) in [5, 5.41) is 2.69. The third-order valence-electron chi connectivity index (χ3n) is 5.32. The van der Waals surface area contributed by atoms with Crippen molar-refractivity contribution in [1.29, 1.82) is 0 Å². The van der Waals surface area contributed by atoms with Crippen LogP contribution in [0.3, 0.4) is 0 Å². The van der Waals surface area contributed by atoms with E-state index in [4.69, 9.17) is 16.3 Å². The van der Waals surface area contributed by atoms with Crippen LogP contribution in [-0.2, 0) is 24.2 Å². The van der Waals surface area contributed by atoms with Gasteiger partial charge in [-0.3, -0.25) is 9.59 Å². The number of benzene rings is 1. The van der Waals surface area contributed by atoms with E-state index in [0.29, 0.717) is 18.3 Å². The molecule has 1 N–H and O–H groups in total. The fourth-order valence-corrected chi connectivity index (χ4v) is 4.87. The molecule has 3 rings (SSSR count). The van der Waals surface area contributed by atoms with Gasteiger partial charge < -0.3 is 10.1 Å². The van der Waals surface area contributed by atoms with Crippen LogP contribution in [0.15, 0.2) is 23.1 Å². The lowest BCUT2D eigenvalue weighted by Crippen LogP contribution is -2.23. The number of halogens is 1. The highest BCUT2D eigenvalue weighted by atomic mass is 35.5. The molecule has 0 aliphatic heterocycles. The molecule has 0 unspecified atom stereocenters. The molecule has 8 heteroatoms. The van der Waals surface area contributed by atoms with E-state index >= 15 is 0 Å². The zero-order valence-corrected chi connectivity index (χ0v) is 16.1. The molecule has 1 aromatic carbocycles. The van der Waals surface area contributed by atoms with Crippen LogP contribution in [-0.4, -0.2) is 33.2 Å². The SMILES string of the molecule is CS(=O)(=O)c1ccc(Cl)c(NC(=O)COC(=O)C[C@@H]2C[C@H]3CC[C@@H]2C3)c1. The number of amides is 1. The molecule has 1 aromatic rings. The molecule has 2 fully saturated rings. The number of nitrogens with one attached hydrogen (secondary N) is 1. The Morgan fingerprint density at radius 1 is 1.27 bits per heavy atom. The second-order valence-corrected chi connectivity index (χ2v) is 9.68. The van der Waals surface area contributed by atoms with Gasteiger partial charge in [0.05, 0.1) is 15.6 Å². The minimum atomic E-state index is -3.42. The molecular weight excluding hydrogens is 378 g/mol. The third kappa shape index (κ3) is 4.57. The zero-order valence-electron chi connectivity index (χ0n) is 14.5. The second kappa shape index (κ2) is 7.56. The van der Waals surface area contributed by atoms with E-state index in [9.17, 15) is 18.0 Å². The van der Waals surface area contributed by atoms with Gasteiger partial charge in [-0.05, 0) is 55.2 Å². The Balaban J connectivity index is 1.50. The number of carbonyl (C=O) groups excluding carboxylic acids is 2. The lowest BCUT2D eigenvalue weighted by atomic mass is 9.86. The fraction of sp³-hybridized carbons (Fsp3) is 0.556. The predicted molar refractivity (Wildman–Crippen MR) is 97.7 cm³/mol. The maximum Gasteiger partial charge on any atom is 0.306 e. The van der Waals surface area contributed by atoms with Crippen LogP contribution >= 0.6 is 11.6 Å². The standard InChI is InChI=1S/C18H22ClNO5S/c1-26(23,24)14-4-5-15(19)16(9-14)20-17(21)10-25-18(22)8-13-7-11-2-3-12(13)6-11/h4-5,9,11-13H,2-3,6-8,10H2,1H3,(H,20,21)/t11-,12+,13-/m0/s1. The number of esters is 1. The molecule has 2 bridgehead atoms. The summed E-state index contributed by atoms with van der Waals surface area (Å²) in [6, 6.07) is 4.05. The van der Waals surface area contributed by atoms with E-state index in [-0.39, 0.29) is 21.6 Å². The lowest BCUT2D eigenvalue weighted by Gasteiger charge is -2.20. The van der Waals surface area contributed by atoms with Crippen LogP contribution in [0.4, 0.5) is 5.69 Å². The number of hydrogen-bond acceptors (Lipinski definition) is 5. The summed E-state index contributed by atoms with van der Waals surface area (Å²) in [6.07, 6.45) is 6.19. The molecule has 0 aromatic heterocycles. The largest absolute Gasteiger partial charge is 0.456 e. The van der Waals surface area contributed by atoms with Crippen LogP contribution < -0.4 is 5.32 Å². The van der Waals surface area contributed by atoms with Crippen molar-refractivity contribution in [2.45, 2.75) is 37.0 Å². The molecule has 1 amide bonds. The molecule has 0 radical (unpaired) electrons. The van der Waals surface area contributed by atoms with Gasteiger partial charge in [0.15, 0.2) is 16.4 Å². The molecular formula is C18H22ClNO5S. The first-order chi connectivity index (χ1) is 12.2. The Morgan fingerprint density at radius 2 is 2.04 bits per heavy atom. The van der Waals surface area contributed by atoms with Crippen LogP contribution in [0.5, 0.6) is 0 Å². The third-order valence-corrected chi connectivity index (χ3v) is 6.76. The highest BCUT2D eigenvalue weighted by Gasteiger charge is 2.40. The minimum absolute atomic E-state index is 0.0467. The van der Waals surface area contributed by atoms with Gasteiger partial charge in [-0.2, -0.15) is 0 Å². The molecule has 2 saturated carbocycles. The number of ether oxygens (including phenoxy) is 1. The van der Waals surface area contributed by atoms with Crippen LogP contribution in [0.25, 0.3) is 0 Å². The van der Waals surface area contributed by atoms with Crippen molar-refractivity contribution in [2.75, 3.05) is 18.2 Å². The Hall–Kier alpha value is -1.60. The number of sulfone groups is 1. The summed E-state index contributed by atoms with van der Waals surface area (Å²) in [4.78, 5) is 24.0. The minimum Gasteiger partial charge on any atom is -0.456 e. The summed E-state index contributed by atoms with van der Waals surface area (Å²) < 4.78 is 28.3. The monoisotopic (exact) mass is 399 g/mol. The lowest BCUT2D eigenvalue weighted by molar-refractivity contribution is -0.148. The Bertz CT molecular complexity index is 823. The molecule has 6 nitrogen and oxygen atoms in total. The van der Waals surface area contributed by atoms with Crippen molar-refractivity contribution in [1.82, 2.24) is 0 Å². The Kier molecular flexibility index (Phi) is 5.58. The first kappa shape index (κ1) is 19.2. The van der Waals surface area contributed by atoms with E-state index in [2.05, 4.69) is 5.32 Å². The molecule has 0 spiro atoms. The first-order valence-electron chi connectivity index (χ1n) is 8.67. The number of hydrogen-bond donors (Lipinski definition) is 1. The molecule has 142 valence electrons. The van der Waals surface area contributed by atoms with Gasteiger partial charge in [-0.1, -0.05) is 18.0 Å². The van der Waals surface area contributed by atoms with Gasteiger partial charge in [0, 0.05) is 12.7 Å². The zero-order chi connectivity index (χ0) is 18.9. The van der Waals surface area contributed by atoms with E-state index in [1.807, 2.05) is 0 Å². The summed E-state index contributed by atoms with van der Waals surface area (Å²) in [6.45, 7) is -0.418. The van der Waals surface area contributed by atoms with E-state index < -0.39 is 22.4 Å². The average molecular weight is 400 g/mol. The smallest absolute Gasteiger partial charge is 0.306 e. The quantitative estimate of drug-likeness (QED) is 0.742. The summed E-state index contributed by atoms with van der Waals surface area (Å²) in [7, 11) is -3.42. The topological polar surface area (TPSA) is 89.5 Å². The van der Waals surface area contributed by atoms with Gasteiger partial charge in [-0.25, -0.2) is 8.42 Å². The number of fused-ring (bicyclic) bond motifs is 2. The first-order valence-corrected chi connectivity index (χ1v) is 10.9. The second-order valence-electron chi connectivity index (χ2n) is 7.26. The van der Waals surface area contributed by atoms with Crippen LogP contribution in [0, 0.1) is 17.8 Å². The van der Waals surface area contributed by atoms with Crippen molar-refractivity contribution in [3.8, 4) is 0 Å². The molecule has 26 heavy (non-hydrogen) atoms. The highest BCUT2D eigenvalue weighted by molar-refractivity contribution is 7.90. The highest BCUT2D eigenvalue weighted by Crippen LogP contribution is 2.49.